The number of hydrogen-bond acceptors (Lipinski definition) is 5. The molecule has 1 aliphatic rings. The van der Waals surface area contributed by atoms with Crippen molar-refractivity contribution in [3.8, 4) is 0 Å². The fourth-order valence-electron chi connectivity index (χ4n) is 3.09. The zero-order valence-corrected chi connectivity index (χ0v) is 17.9. The van der Waals surface area contributed by atoms with E-state index in [0.717, 1.165) is 77.1 Å². The second-order valence-corrected chi connectivity index (χ2v) is 7.22. The van der Waals surface area contributed by atoms with Crippen LogP contribution in [0.2, 0.25) is 0 Å². The number of likely N-dealkylation sites (N-methyl/N-ethyl adjacent to an activating group) is 1. The van der Waals surface area contributed by atoms with E-state index < -0.39 is 0 Å². The highest BCUT2D eigenvalue weighted by Gasteiger charge is 2.17. The van der Waals surface area contributed by atoms with Gasteiger partial charge in [-0.25, -0.2) is 9.98 Å². The number of nitrogens with one attached hydrogen (secondary N) is 2. The van der Waals surface area contributed by atoms with Crippen LogP contribution in [0.1, 0.15) is 38.7 Å². The normalized spacial score (nSPS) is 15.7. The van der Waals surface area contributed by atoms with Crippen molar-refractivity contribution in [2.45, 2.75) is 39.7 Å². The SMILES string of the molecule is CCCCOCCCNC(=NCc1cccnc1N1CCN(C)CC1)NCC. The van der Waals surface area contributed by atoms with Crippen molar-refractivity contribution in [1.82, 2.24) is 20.5 Å². The monoisotopic (exact) mass is 390 g/mol. The van der Waals surface area contributed by atoms with Crippen LogP contribution >= 0.6 is 0 Å². The van der Waals surface area contributed by atoms with E-state index in [0.29, 0.717) is 6.54 Å². The van der Waals surface area contributed by atoms with Gasteiger partial charge in [0.1, 0.15) is 5.82 Å². The number of piperazine rings is 1. The fourth-order valence-corrected chi connectivity index (χ4v) is 3.09. The quantitative estimate of drug-likeness (QED) is 0.343. The van der Waals surface area contributed by atoms with Crippen LogP contribution in [0.5, 0.6) is 0 Å². The highest BCUT2D eigenvalue weighted by molar-refractivity contribution is 5.79. The fraction of sp³-hybridized carbons (Fsp3) is 0.714. The molecule has 28 heavy (non-hydrogen) atoms. The lowest BCUT2D eigenvalue weighted by Crippen LogP contribution is -2.45. The Labute approximate surface area is 170 Å². The van der Waals surface area contributed by atoms with Gasteiger partial charge in [0, 0.05) is 64.2 Å². The zero-order valence-electron chi connectivity index (χ0n) is 17.9. The van der Waals surface area contributed by atoms with Crippen molar-refractivity contribution in [3.63, 3.8) is 0 Å². The van der Waals surface area contributed by atoms with E-state index in [1.54, 1.807) is 0 Å². The summed E-state index contributed by atoms with van der Waals surface area (Å²) in [6, 6.07) is 4.13. The van der Waals surface area contributed by atoms with Crippen LogP contribution in [-0.2, 0) is 11.3 Å². The van der Waals surface area contributed by atoms with Crippen LogP contribution in [-0.4, -0.2) is 75.4 Å². The first-order valence-electron chi connectivity index (χ1n) is 10.7. The van der Waals surface area contributed by atoms with Crippen molar-refractivity contribution in [2.24, 2.45) is 4.99 Å². The standard InChI is InChI=1S/C21H38N6O/c1-4-6-16-28-17-8-11-24-21(22-5-2)25-18-19-9-7-10-23-20(19)27-14-12-26(3)13-15-27/h7,9-10H,4-6,8,11-18H2,1-3H3,(H2,22,24,25). The average molecular weight is 391 g/mol. The van der Waals surface area contributed by atoms with Gasteiger partial charge in [-0.2, -0.15) is 0 Å². The largest absolute Gasteiger partial charge is 0.381 e. The maximum Gasteiger partial charge on any atom is 0.191 e. The number of nitrogens with zero attached hydrogens (tertiary/aromatic N) is 4. The molecular weight excluding hydrogens is 352 g/mol. The lowest BCUT2D eigenvalue weighted by Gasteiger charge is -2.34. The first kappa shape index (κ1) is 22.4. The van der Waals surface area contributed by atoms with Gasteiger partial charge < -0.3 is 25.2 Å². The van der Waals surface area contributed by atoms with Crippen LogP contribution in [0.4, 0.5) is 5.82 Å². The summed E-state index contributed by atoms with van der Waals surface area (Å²) in [5, 5.41) is 6.73. The molecule has 0 unspecified atom stereocenters. The van der Waals surface area contributed by atoms with Gasteiger partial charge >= 0.3 is 0 Å². The van der Waals surface area contributed by atoms with E-state index in [2.05, 4.69) is 52.4 Å². The van der Waals surface area contributed by atoms with Gasteiger partial charge in [0.15, 0.2) is 5.96 Å². The molecule has 1 saturated heterocycles. The third-order valence-electron chi connectivity index (χ3n) is 4.82. The summed E-state index contributed by atoms with van der Waals surface area (Å²) in [7, 11) is 2.17. The number of hydrogen-bond donors (Lipinski definition) is 2. The number of rotatable bonds is 11. The van der Waals surface area contributed by atoms with Crippen LogP contribution < -0.4 is 15.5 Å². The molecule has 1 aromatic rings. The van der Waals surface area contributed by atoms with E-state index in [9.17, 15) is 0 Å². The van der Waals surface area contributed by atoms with Crippen molar-refractivity contribution in [3.05, 3.63) is 23.9 Å². The predicted molar refractivity (Wildman–Crippen MR) is 117 cm³/mol. The molecule has 158 valence electrons. The van der Waals surface area contributed by atoms with Crippen molar-refractivity contribution >= 4 is 11.8 Å². The van der Waals surface area contributed by atoms with Gasteiger partial charge in [-0.3, -0.25) is 0 Å². The molecule has 0 amide bonds. The first-order chi connectivity index (χ1) is 13.7. The Bertz CT molecular complexity index is 572. The summed E-state index contributed by atoms with van der Waals surface area (Å²) < 4.78 is 5.62. The van der Waals surface area contributed by atoms with E-state index in [1.165, 1.54) is 12.0 Å². The highest BCUT2D eigenvalue weighted by Crippen LogP contribution is 2.19. The minimum absolute atomic E-state index is 0.623. The lowest BCUT2D eigenvalue weighted by molar-refractivity contribution is 0.129. The molecule has 0 aromatic carbocycles. The molecule has 0 atom stereocenters. The summed E-state index contributed by atoms with van der Waals surface area (Å²) in [5.74, 6) is 1.92. The Morgan fingerprint density at radius 3 is 2.68 bits per heavy atom. The number of guanidine groups is 1. The number of aromatic nitrogens is 1. The molecule has 1 fully saturated rings. The third kappa shape index (κ3) is 8.02. The highest BCUT2D eigenvalue weighted by atomic mass is 16.5. The summed E-state index contributed by atoms with van der Waals surface area (Å²) in [4.78, 5) is 14.2. The molecule has 0 aliphatic carbocycles. The van der Waals surface area contributed by atoms with E-state index in [4.69, 9.17) is 9.73 Å². The number of unbranched alkanes of at least 4 members (excludes halogenated alkanes) is 1. The zero-order chi connectivity index (χ0) is 20.0. The minimum Gasteiger partial charge on any atom is -0.381 e. The molecule has 0 saturated carbocycles. The number of anilines is 1. The van der Waals surface area contributed by atoms with Crippen LogP contribution in [0.25, 0.3) is 0 Å². The molecule has 2 heterocycles. The van der Waals surface area contributed by atoms with Gasteiger partial charge in [-0.05, 0) is 32.9 Å². The Balaban J connectivity index is 1.86. The second-order valence-electron chi connectivity index (χ2n) is 7.22. The molecule has 7 nitrogen and oxygen atoms in total. The third-order valence-corrected chi connectivity index (χ3v) is 4.82. The summed E-state index contributed by atoms with van der Waals surface area (Å²) in [6.45, 7) is 12.4. The van der Waals surface area contributed by atoms with Crippen LogP contribution in [0.15, 0.2) is 23.3 Å². The first-order valence-corrected chi connectivity index (χ1v) is 10.7. The van der Waals surface area contributed by atoms with E-state index >= 15 is 0 Å². The Hall–Kier alpha value is -1.86. The lowest BCUT2D eigenvalue weighted by atomic mass is 10.2. The maximum absolute atomic E-state index is 5.62. The van der Waals surface area contributed by atoms with Gasteiger partial charge in [-0.15, -0.1) is 0 Å². The Kier molecular flexibility index (Phi) is 10.7. The molecule has 0 spiro atoms. The molecule has 2 N–H and O–H groups in total. The summed E-state index contributed by atoms with van der Waals surface area (Å²) in [6.07, 6.45) is 5.18. The Morgan fingerprint density at radius 1 is 1.14 bits per heavy atom. The molecule has 7 heteroatoms. The second kappa shape index (κ2) is 13.3. The molecule has 0 bridgehead atoms. The van der Waals surface area contributed by atoms with E-state index in [-0.39, 0.29) is 0 Å². The molecule has 0 radical (unpaired) electrons. The van der Waals surface area contributed by atoms with Gasteiger partial charge in [0.25, 0.3) is 0 Å². The number of aliphatic imine (C=N–C) groups is 1. The van der Waals surface area contributed by atoms with Crippen molar-refractivity contribution < 1.29 is 4.74 Å². The van der Waals surface area contributed by atoms with Crippen molar-refractivity contribution in [2.75, 3.05) is 64.4 Å². The molecule has 1 aliphatic heterocycles. The summed E-state index contributed by atoms with van der Waals surface area (Å²) in [5.41, 5.74) is 1.17. The predicted octanol–water partition coefficient (Wildman–Crippen LogP) is 2.10. The van der Waals surface area contributed by atoms with Gasteiger partial charge in [0.2, 0.25) is 0 Å². The average Bonchev–Trinajstić information content (AvgIpc) is 2.72. The van der Waals surface area contributed by atoms with Crippen LogP contribution in [0.3, 0.4) is 0 Å². The summed E-state index contributed by atoms with van der Waals surface area (Å²) >= 11 is 0. The smallest absolute Gasteiger partial charge is 0.191 e. The van der Waals surface area contributed by atoms with E-state index in [1.807, 2.05) is 12.3 Å². The topological polar surface area (TPSA) is 65.0 Å². The number of ether oxygens (including phenoxy) is 1. The molecule has 2 rings (SSSR count). The maximum atomic E-state index is 5.62. The van der Waals surface area contributed by atoms with Gasteiger partial charge in [0.05, 0.1) is 6.54 Å². The Morgan fingerprint density at radius 2 is 1.93 bits per heavy atom. The minimum atomic E-state index is 0.623. The van der Waals surface area contributed by atoms with Crippen molar-refractivity contribution in [1.29, 1.82) is 0 Å². The molecular formula is C21H38N6O. The van der Waals surface area contributed by atoms with Gasteiger partial charge in [-0.1, -0.05) is 19.4 Å². The number of pyridine rings is 1. The van der Waals surface area contributed by atoms with Crippen LogP contribution in [0, 0.1) is 0 Å². The molecule has 1 aromatic heterocycles.